The molecule has 11 heteroatoms. The zero-order valence-electron chi connectivity index (χ0n) is 21.0. The van der Waals surface area contributed by atoms with E-state index in [1.54, 1.807) is 45.0 Å². The smallest absolute Gasteiger partial charge is 0.247 e. The van der Waals surface area contributed by atoms with Crippen LogP contribution in [0.15, 0.2) is 47.1 Å². The van der Waals surface area contributed by atoms with Gasteiger partial charge in [-0.25, -0.2) is 4.99 Å². The number of amides is 2. The number of aliphatic hydroxyl groups is 1. The normalized spacial score (nSPS) is 15.5. The second kappa shape index (κ2) is 13.2. The predicted molar refractivity (Wildman–Crippen MR) is 136 cm³/mol. The predicted octanol–water partition coefficient (Wildman–Crippen LogP) is 1.72. The molecule has 9 nitrogen and oxygen atoms in total. The van der Waals surface area contributed by atoms with E-state index in [1.165, 1.54) is 18.5 Å². The molecule has 0 radical (unpaired) electrons. The molecule has 3 rings (SSSR count). The summed E-state index contributed by atoms with van der Waals surface area (Å²) in [5.41, 5.74) is 6.21. The number of fused-ring (bicyclic) bond motifs is 1. The molecule has 2 heterocycles. The van der Waals surface area contributed by atoms with Gasteiger partial charge in [0, 0.05) is 30.8 Å². The van der Waals surface area contributed by atoms with Crippen LogP contribution in [0.2, 0.25) is 0 Å². The Morgan fingerprint density at radius 2 is 2.11 bits per heavy atom. The van der Waals surface area contributed by atoms with Crippen molar-refractivity contribution in [3.8, 4) is 17.6 Å². The molecule has 0 saturated carbocycles. The van der Waals surface area contributed by atoms with Gasteiger partial charge in [-0.15, -0.1) is 0 Å². The summed E-state index contributed by atoms with van der Waals surface area (Å²) < 4.78 is 31.3. The van der Waals surface area contributed by atoms with Crippen molar-refractivity contribution in [3.63, 3.8) is 0 Å². The van der Waals surface area contributed by atoms with E-state index in [2.05, 4.69) is 27.1 Å². The van der Waals surface area contributed by atoms with Crippen molar-refractivity contribution in [2.24, 2.45) is 10.7 Å². The lowest BCUT2D eigenvalue weighted by Gasteiger charge is -2.19. The average molecular weight is 514 g/mol. The van der Waals surface area contributed by atoms with Crippen LogP contribution in [0.1, 0.15) is 25.0 Å². The second-order valence-electron chi connectivity index (χ2n) is 8.43. The van der Waals surface area contributed by atoms with Crippen LogP contribution in [0.4, 0.5) is 14.5 Å². The molecular weight excluding hydrogens is 484 g/mol. The van der Waals surface area contributed by atoms with Gasteiger partial charge in [-0.1, -0.05) is 11.8 Å². The highest BCUT2D eigenvalue weighted by Gasteiger charge is 2.28. The van der Waals surface area contributed by atoms with E-state index < -0.39 is 17.5 Å². The van der Waals surface area contributed by atoms with Crippen LogP contribution in [-0.2, 0) is 16.0 Å². The van der Waals surface area contributed by atoms with E-state index >= 15 is 0 Å². The highest BCUT2D eigenvalue weighted by Crippen LogP contribution is 2.31. The van der Waals surface area contributed by atoms with Crippen molar-refractivity contribution >= 4 is 24.2 Å². The average Bonchev–Trinajstić information content (AvgIpc) is 2.97. The number of rotatable bonds is 5. The monoisotopic (exact) mass is 513 g/mol. The van der Waals surface area contributed by atoms with Gasteiger partial charge in [0.05, 0.1) is 5.69 Å². The van der Waals surface area contributed by atoms with Gasteiger partial charge >= 0.3 is 0 Å². The molecule has 1 atom stereocenters. The topological polar surface area (TPSA) is 130 Å². The van der Waals surface area contributed by atoms with Crippen molar-refractivity contribution in [1.82, 2.24) is 10.3 Å². The van der Waals surface area contributed by atoms with Gasteiger partial charge in [0.2, 0.25) is 24.2 Å². The van der Waals surface area contributed by atoms with E-state index in [-0.39, 0.29) is 23.9 Å². The number of halogens is 2. The minimum atomic E-state index is -1.05. The number of likely N-dealkylation sites (N-methyl/N-ethyl adjacent to an activating group) is 2. The number of ether oxygens (including phenoxy) is 1. The Balaban J connectivity index is 0.000000271. The third-order valence-electron chi connectivity index (χ3n) is 5.02. The Hall–Kier alpha value is -4.14. The maximum Gasteiger partial charge on any atom is 0.247 e. The standard InChI is InChI=1S/C16H20N2O3.C10H9F2N3O/c1-16(2,20)8-7-11-5-6-14-13(9-11)18(4)15(19)12(17-3)10-21-14;11-9-2-1-8(10(12)15-9)3-7(4-13)5-14-6-16/h5-6,9,12,17,20H,10H2,1-4H3;1-2,4-6H,3,13H2/b;7-4-,14-5?. The molecule has 0 spiro atoms. The summed E-state index contributed by atoms with van der Waals surface area (Å²) in [4.78, 5) is 30.2. The molecule has 1 aromatic heterocycles. The van der Waals surface area contributed by atoms with Crippen molar-refractivity contribution in [1.29, 1.82) is 0 Å². The fourth-order valence-electron chi connectivity index (χ4n) is 3.07. The summed E-state index contributed by atoms with van der Waals surface area (Å²) in [6.45, 7) is 3.54. The Morgan fingerprint density at radius 1 is 1.38 bits per heavy atom. The number of pyridine rings is 1. The van der Waals surface area contributed by atoms with E-state index in [1.807, 2.05) is 6.07 Å². The molecule has 37 heavy (non-hydrogen) atoms. The highest BCUT2D eigenvalue weighted by molar-refractivity contribution is 5.99. The Morgan fingerprint density at radius 3 is 2.70 bits per heavy atom. The molecule has 0 aliphatic carbocycles. The third kappa shape index (κ3) is 8.79. The van der Waals surface area contributed by atoms with Crippen LogP contribution >= 0.6 is 0 Å². The quantitative estimate of drug-likeness (QED) is 0.240. The molecule has 1 aliphatic rings. The van der Waals surface area contributed by atoms with Crippen LogP contribution in [0, 0.1) is 23.7 Å². The first-order valence-electron chi connectivity index (χ1n) is 11.1. The van der Waals surface area contributed by atoms with Gasteiger partial charge < -0.3 is 25.8 Å². The first kappa shape index (κ1) is 29.1. The molecule has 1 unspecified atom stereocenters. The van der Waals surface area contributed by atoms with Crippen LogP contribution < -0.4 is 20.7 Å². The van der Waals surface area contributed by atoms with Gasteiger partial charge in [-0.3, -0.25) is 9.59 Å². The van der Waals surface area contributed by atoms with Crippen molar-refractivity contribution in [2.75, 3.05) is 25.6 Å². The summed E-state index contributed by atoms with van der Waals surface area (Å²) in [5.74, 6) is 4.47. The molecule has 0 bridgehead atoms. The number of anilines is 1. The van der Waals surface area contributed by atoms with Gasteiger partial charge in [0.25, 0.3) is 0 Å². The summed E-state index contributed by atoms with van der Waals surface area (Å²) in [5, 5.41) is 12.6. The number of carbonyl (C=O) groups excluding carboxylic acids is 2. The lowest BCUT2D eigenvalue weighted by molar-refractivity contribution is -0.120. The number of nitrogens with zero attached hydrogens (tertiary/aromatic N) is 3. The minimum Gasteiger partial charge on any atom is -0.489 e. The SMILES string of the molecule is CNC1COc2ccc(C#CC(C)(C)O)cc2N(C)C1=O.N/C=C(\C=NC=O)Cc1ccc(F)nc1F. The van der Waals surface area contributed by atoms with Crippen LogP contribution in [0.5, 0.6) is 5.75 Å². The second-order valence-corrected chi connectivity index (χ2v) is 8.43. The lowest BCUT2D eigenvalue weighted by atomic mass is 10.1. The molecule has 196 valence electrons. The van der Waals surface area contributed by atoms with E-state index in [4.69, 9.17) is 10.5 Å². The molecule has 1 aromatic carbocycles. The summed E-state index contributed by atoms with van der Waals surface area (Å²) in [7, 11) is 3.45. The van der Waals surface area contributed by atoms with E-state index in [0.717, 1.165) is 11.6 Å². The fraction of sp³-hybridized carbons (Fsp3) is 0.308. The van der Waals surface area contributed by atoms with Crippen molar-refractivity contribution < 1.29 is 28.2 Å². The van der Waals surface area contributed by atoms with Crippen molar-refractivity contribution in [3.05, 3.63) is 65.1 Å². The van der Waals surface area contributed by atoms with E-state index in [9.17, 15) is 23.5 Å². The fourth-order valence-corrected chi connectivity index (χ4v) is 3.07. The number of aromatic nitrogens is 1. The molecule has 1 aliphatic heterocycles. The number of nitrogens with two attached hydrogens (primary N) is 1. The largest absolute Gasteiger partial charge is 0.489 e. The van der Waals surface area contributed by atoms with E-state index in [0.29, 0.717) is 30.0 Å². The van der Waals surface area contributed by atoms with Gasteiger partial charge in [-0.05, 0) is 63.0 Å². The maximum atomic E-state index is 13.1. The van der Waals surface area contributed by atoms with Crippen LogP contribution in [0.3, 0.4) is 0 Å². The number of aliphatic imine (C=N–C) groups is 1. The molecule has 0 saturated heterocycles. The first-order valence-corrected chi connectivity index (χ1v) is 11.1. The number of carbonyl (C=O) groups is 2. The molecular formula is C26H29F2N5O4. The Bertz CT molecular complexity index is 1250. The number of benzene rings is 1. The van der Waals surface area contributed by atoms with Gasteiger partial charge in [-0.2, -0.15) is 13.8 Å². The van der Waals surface area contributed by atoms with Crippen LogP contribution in [-0.4, -0.2) is 61.0 Å². The third-order valence-corrected chi connectivity index (χ3v) is 5.02. The summed E-state index contributed by atoms with van der Waals surface area (Å²) >= 11 is 0. The number of hydrogen-bond acceptors (Lipinski definition) is 7. The van der Waals surface area contributed by atoms with Gasteiger partial charge in [0.1, 0.15) is 24.0 Å². The highest BCUT2D eigenvalue weighted by atomic mass is 19.1. The summed E-state index contributed by atoms with van der Waals surface area (Å²) in [6.07, 6.45) is 2.82. The minimum absolute atomic E-state index is 0.0520. The zero-order chi connectivity index (χ0) is 27.6. The summed E-state index contributed by atoms with van der Waals surface area (Å²) in [6, 6.07) is 7.35. The molecule has 0 fully saturated rings. The Kier molecular flexibility index (Phi) is 10.4. The zero-order valence-corrected chi connectivity index (χ0v) is 21.0. The Labute approximate surface area is 214 Å². The number of nitrogens with one attached hydrogen (secondary N) is 1. The number of allylic oxidation sites excluding steroid dienone is 1. The van der Waals surface area contributed by atoms with Crippen LogP contribution in [0.25, 0.3) is 0 Å². The maximum absolute atomic E-state index is 13.1. The lowest BCUT2D eigenvalue weighted by Crippen LogP contribution is -2.45. The molecule has 2 amide bonds. The van der Waals surface area contributed by atoms with Crippen molar-refractivity contribution in [2.45, 2.75) is 31.9 Å². The van der Waals surface area contributed by atoms with Gasteiger partial charge in [0.15, 0.2) is 0 Å². The number of hydrogen-bond donors (Lipinski definition) is 3. The molecule has 4 N–H and O–H groups in total. The molecule has 2 aromatic rings. The first-order chi connectivity index (χ1) is 17.5.